The van der Waals surface area contributed by atoms with Crippen molar-refractivity contribution >= 4 is 32.3 Å². The summed E-state index contributed by atoms with van der Waals surface area (Å²) in [5, 5.41) is 3.60. The third-order valence-electron chi connectivity index (χ3n) is 2.18. The first-order valence-electron chi connectivity index (χ1n) is 4.18. The molecule has 0 aliphatic rings. The maximum atomic E-state index is 3.79. The van der Waals surface area contributed by atoms with Crippen molar-refractivity contribution in [1.29, 1.82) is 0 Å². The van der Waals surface area contributed by atoms with Gasteiger partial charge in [0.05, 0.1) is 10.2 Å². The van der Waals surface area contributed by atoms with Crippen molar-refractivity contribution in [3.63, 3.8) is 0 Å². The highest BCUT2D eigenvalue weighted by Crippen LogP contribution is 2.16. The van der Waals surface area contributed by atoms with Crippen LogP contribution in [0.3, 0.4) is 0 Å². The van der Waals surface area contributed by atoms with Gasteiger partial charge in [0.25, 0.3) is 0 Å². The predicted molar refractivity (Wildman–Crippen MR) is 59.4 cm³/mol. The molecule has 2 aromatic rings. The van der Waals surface area contributed by atoms with Crippen molar-refractivity contribution in [2.24, 2.45) is 0 Å². The second-order valence-electron chi connectivity index (χ2n) is 2.95. The van der Waals surface area contributed by atoms with Crippen LogP contribution < -0.4 is 5.19 Å². The number of hydrogen-bond donors (Lipinski definition) is 0. The van der Waals surface area contributed by atoms with E-state index >= 15 is 0 Å². The van der Waals surface area contributed by atoms with Crippen LogP contribution >= 0.6 is 0 Å². The molecule has 1 heteroatoms. The molecular formula is C12H9Si. The summed E-state index contributed by atoms with van der Waals surface area (Å²) in [6.45, 7) is 3.79. The summed E-state index contributed by atoms with van der Waals surface area (Å²) < 4.78 is 0. The van der Waals surface area contributed by atoms with Crippen LogP contribution in [-0.4, -0.2) is 10.2 Å². The van der Waals surface area contributed by atoms with E-state index in [2.05, 4.69) is 41.1 Å². The van der Waals surface area contributed by atoms with Crippen molar-refractivity contribution in [2.45, 2.75) is 0 Å². The molecule has 13 heavy (non-hydrogen) atoms. The van der Waals surface area contributed by atoms with Gasteiger partial charge in [-0.3, -0.25) is 0 Å². The molecule has 2 aromatic carbocycles. The van der Waals surface area contributed by atoms with Crippen LogP contribution in [0.2, 0.25) is 0 Å². The summed E-state index contributed by atoms with van der Waals surface area (Å²) in [6, 6.07) is 12.4. The van der Waals surface area contributed by atoms with Gasteiger partial charge in [-0.25, -0.2) is 0 Å². The molecular weight excluding hydrogens is 172 g/mol. The maximum Gasteiger partial charge on any atom is 0.0720 e. The van der Waals surface area contributed by atoms with Gasteiger partial charge in [-0.05, 0) is 16.3 Å². The number of fused-ring (bicyclic) bond motifs is 1. The Bertz CT molecular complexity index is 458. The van der Waals surface area contributed by atoms with Gasteiger partial charge < -0.3 is 0 Å². The zero-order chi connectivity index (χ0) is 9.26. The van der Waals surface area contributed by atoms with E-state index in [0.29, 0.717) is 0 Å². The molecule has 0 aromatic heterocycles. The summed E-state index contributed by atoms with van der Waals surface area (Å²) in [6.07, 6.45) is 1.88. The fourth-order valence-electron chi connectivity index (χ4n) is 1.50. The SMILES string of the molecule is C=Cc1ccc([Si])c2ccccc12. The van der Waals surface area contributed by atoms with Crippen LogP contribution in [0.5, 0.6) is 0 Å². The zero-order valence-electron chi connectivity index (χ0n) is 7.25. The molecule has 0 aliphatic carbocycles. The van der Waals surface area contributed by atoms with Gasteiger partial charge in [0, 0.05) is 0 Å². The first-order chi connectivity index (χ1) is 6.33. The molecule has 0 fully saturated rings. The monoisotopic (exact) mass is 181 g/mol. The van der Waals surface area contributed by atoms with E-state index in [4.69, 9.17) is 0 Å². The predicted octanol–water partition coefficient (Wildman–Crippen LogP) is 2.28. The second-order valence-corrected chi connectivity index (χ2v) is 3.49. The normalized spacial score (nSPS) is 10.2. The molecule has 0 spiro atoms. The van der Waals surface area contributed by atoms with Crippen molar-refractivity contribution in [3.8, 4) is 0 Å². The van der Waals surface area contributed by atoms with Gasteiger partial charge in [-0.1, -0.05) is 54.2 Å². The molecule has 0 unspecified atom stereocenters. The average molecular weight is 181 g/mol. The van der Waals surface area contributed by atoms with Crippen LogP contribution in [0.25, 0.3) is 16.8 Å². The molecule has 0 atom stereocenters. The van der Waals surface area contributed by atoms with E-state index in [-0.39, 0.29) is 0 Å². The summed E-state index contributed by atoms with van der Waals surface area (Å²) >= 11 is 0. The van der Waals surface area contributed by atoms with E-state index in [0.717, 1.165) is 5.19 Å². The number of rotatable bonds is 1. The minimum atomic E-state index is 1.13. The minimum absolute atomic E-state index is 1.13. The Morgan fingerprint density at radius 1 is 1.00 bits per heavy atom. The summed E-state index contributed by atoms with van der Waals surface area (Å²) in [7, 11) is 3.58. The molecule has 3 radical (unpaired) electrons. The highest BCUT2D eigenvalue weighted by molar-refractivity contribution is 6.39. The van der Waals surface area contributed by atoms with Crippen molar-refractivity contribution in [1.82, 2.24) is 0 Å². The van der Waals surface area contributed by atoms with Crippen LogP contribution in [0, 0.1) is 0 Å². The lowest BCUT2D eigenvalue weighted by Gasteiger charge is -2.04. The minimum Gasteiger partial charge on any atom is -0.0984 e. The molecule has 0 saturated carbocycles. The van der Waals surface area contributed by atoms with E-state index in [9.17, 15) is 0 Å². The zero-order valence-corrected chi connectivity index (χ0v) is 8.25. The van der Waals surface area contributed by atoms with E-state index in [1.54, 1.807) is 0 Å². The molecule has 61 valence electrons. The third-order valence-corrected chi connectivity index (χ3v) is 2.61. The Morgan fingerprint density at radius 3 is 2.38 bits per heavy atom. The average Bonchev–Trinajstić information content (AvgIpc) is 2.19. The lowest BCUT2D eigenvalue weighted by molar-refractivity contribution is 1.75. The van der Waals surface area contributed by atoms with Crippen LogP contribution in [0.1, 0.15) is 5.56 Å². The number of benzene rings is 2. The summed E-state index contributed by atoms with van der Waals surface area (Å²) in [4.78, 5) is 0. The highest BCUT2D eigenvalue weighted by atomic mass is 28.1. The lowest BCUT2D eigenvalue weighted by atomic mass is 10.0. The molecule has 0 aliphatic heterocycles. The van der Waals surface area contributed by atoms with Gasteiger partial charge in [0.15, 0.2) is 0 Å². The fourth-order valence-corrected chi connectivity index (χ4v) is 1.80. The van der Waals surface area contributed by atoms with Crippen molar-refractivity contribution < 1.29 is 0 Å². The second kappa shape index (κ2) is 3.19. The molecule has 0 saturated heterocycles. The van der Waals surface area contributed by atoms with Gasteiger partial charge >= 0.3 is 0 Å². The van der Waals surface area contributed by atoms with Crippen molar-refractivity contribution in [3.05, 3.63) is 48.5 Å². The highest BCUT2D eigenvalue weighted by Gasteiger charge is 1.98. The van der Waals surface area contributed by atoms with Gasteiger partial charge in [0.2, 0.25) is 0 Å². The van der Waals surface area contributed by atoms with E-state index < -0.39 is 0 Å². The van der Waals surface area contributed by atoms with E-state index in [1.807, 2.05) is 18.2 Å². The number of hydrogen-bond acceptors (Lipinski definition) is 0. The van der Waals surface area contributed by atoms with Crippen LogP contribution in [-0.2, 0) is 0 Å². The Balaban J connectivity index is 2.92. The summed E-state index contributed by atoms with van der Waals surface area (Å²) in [5.41, 5.74) is 1.18. The molecule has 0 heterocycles. The molecule has 0 N–H and O–H groups in total. The summed E-state index contributed by atoms with van der Waals surface area (Å²) in [5.74, 6) is 0. The van der Waals surface area contributed by atoms with E-state index in [1.165, 1.54) is 16.3 Å². The Hall–Kier alpha value is -1.34. The molecule has 0 amide bonds. The largest absolute Gasteiger partial charge is 0.0984 e. The molecule has 2 rings (SSSR count). The lowest BCUT2D eigenvalue weighted by Crippen LogP contribution is -2.03. The first kappa shape index (κ1) is 8.26. The Labute approximate surface area is 81.3 Å². The fraction of sp³-hybridized carbons (Fsp3) is 0. The smallest absolute Gasteiger partial charge is 0.0720 e. The van der Waals surface area contributed by atoms with Gasteiger partial charge in [-0.15, -0.1) is 0 Å². The molecule has 0 bridgehead atoms. The van der Waals surface area contributed by atoms with Gasteiger partial charge in [0.1, 0.15) is 0 Å². The standard InChI is InChI=1S/C12H9Si/c1-2-9-7-8-12(13)11-6-4-3-5-10(9)11/h2-8H,1H2. The van der Waals surface area contributed by atoms with Crippen LogP contribution in [0.15, 0.2) is 43.0 Å². The quantitative estimate of drug-likeness (QED) is 0.592. The first-order valence-corrected chi connectivity index (χ1v) is 4.68. The van der Waals surface area contributed by atoms with Gasteiger partial charge in [-0.2, -0.15) is 0 Å². The topological polar surface area (TPSA) is 0 Å². The van der Waals surface area contributed by atoms with Crippen LogP contribution in [0.4, 0.5) is 0 Å². The maximum absolute atomic E-state index is 3.79. The molecule has 0 nitrogen and oxygen atoms in total. The Kier molecular flexibility index (Phi) is 2.03. The third kappa shape index (κ3) is 1.31. The van der Waals surface area contributed by atoms with Crippen molar-refractivity contribution in [2.75, 3.05) is 0 Å². The Morgan fingerprint density at radius 2 is 1.69 bits per heavy atom.